The summed E-state index contributed by atoms with van der Waals surface area (Å²) >= 11 is 11.9. The van der Waals surface area contributed by atoms with Crippen molar-refractivity contribution in [3.05, 3.63) is 46.1 Å². The number of aromatic nitrogens is 1. The quantitative estimate of drug-likeness (QED) is 0.648. The van der Waals surface area contributed by atoms with E-state index < -0.39 is 0 Å². The second-order valence-electron chi connectivity index (χ2n) is 6.57. The van der Waals surface area contributed by atoms with Crippen LogP contribution in [0.2, 0.25) is 10.0 Å². The molecule has 27 heavy (non-hydrogen) atoms. The van der Waals surface area contributed by atoms with Crippen LogP contribution < -0.4 is 15.0 Å². The number of nitrogens with one attached hydrogen (secondary N) is 1. The van der Waals surface area contributed by atoms with Gasteiger partial charge in [-0.3, -0.25) is 4.79 Å². The number of hydrogen-bond donors (Lipinski definition) is 1. The number of hydrogen-bond acceptors (Lipinski definition) is 4. The van der Waals surface area contributed by atoms with E-state index >= 15 is 0 Å². The van der Waals surface area contributed by atoms with Crippen molar-refractivity contribution in [1.82, 2.24) is 4.98 Å². The third kappa shape index (κ3) is 5.50. The van der Waals surface area contributed by atoms with Crippen LogP contribution in [0.3, 0.4) is 0 Å². The average Bonchev–Trinajstić information content (AvgIpc) is 3.16. The van der Waals surface area contributed by atoms with E-state index in [9.17, 15) is 4.79 Å². The lowest BCUT2D eigenvalue weighted by atomic mass is 10.2. The van der Waals surface area contributed by atoms with E-state index in [-0.39, 0.29) is 5.91 Å². The van der Waals surface area contributed by atoms with Crippen molar-refractivity contribution in [2.45, 2.75) is 32.6 Å². The van der Waals surface area contributed by atoms with Crippen molar-refractivity contribution in [2.24, 2.45) is 0 Å². The van der Waals surface area contributed by atoms with Gasteiger partial charge in [0, 0.05) is 24.5 Å². The molecule has 1 N–H and O–H groups in total. The van der Waals surface area contributed by atoms with Crippen molar-refractivity contribution in [1.29, 1.82) is 0 Å². The first kappa shape index (κ1) is 19.8. The van der Waals surface area contributed by atoms with Gasteiger partial charge in [0.05, 0.1) is 23.0 Å². The van der Waals surface area contributed by atoms with Gasteiger partial charge in [0.15, 0.2) is 0 Å². The molecule has 1 aliphatic rings. The second-order valence-corrected chi connectivity index (χ2v) is 7.42. The number of ether oxygens (including phenoxy) is 1. The van der Waals surface area contributed by atoms with Crippen LogP contribution in [0.1, 0.15) is 31.4 Å². The summed E-state index contributed by atoms with van der Waals surface area (Å²) in [4.78, 5) is 19.1. The van der Waals surface area contributed by atoms with Gasteiger partial charge in [0.2, 0.25) is 5.91 Å². The predicted molar refractivity (Wildman–Crippen MR) is 110 cm³/mol. The van der Waals surface area contributed by atoms with Crippen LogP contribution in [0.4, 0.5) is 11.5 Å². The highest BCUT2D eigenvalue weighted by Crippen LogP contribution is 2.27. The SMILES string of the molecule is Cc1nc(N2CCCC2)ccc1NC(=O)CCCOc1ccc(Cl)cc1Cl. The molecule has 2 aromatic rings. The zero-order chi connectivity index (χ0) is 19.2. The van der Waals surface area contributed by atoms with Gasteiger partial charge in [-0.2, -0.15) is 0 Å². The molecule has 1 aliphatic heterocycles. The van der Waals surface area contributed by atoms with Crippen molar-refractivity contribution in [3.63, 3.8) is 0 Å². The fraction of sp³-hybridized carbons (Fsp3) is 0.400. The van der Waals surface area contributed by atoms with Crippen LogP contribution in [0, 0.1) is 6.92 Å². The average molecular weight is 408 g/mol. The van der Waals surface area contributed by atoms with Gasteiger partial charge in [-0.05, 0) is 56.5 Å². The number of anilines is 2. The summed E-state index contributed by atoms with van der Waals surface area (Å²) in [7, 11) is 0. The summed E-state index contributed by atoms with van der Waals surface area (Å²) in [6, 6.07) is 8.98. The molecular formula is C20H23Cl2N3O2. The lowest BCUT2D eigenvalue weighted by Crippen LogP contribution is -2.20. The van der Waals surface area contributed by atoms with Crippen LogP contribution >= 0.6 is 23.2 Å². The van der Waals surface area contributed by atoms with E-state index in [2.05, 4.69) is 15.2 Å². The predicted octanol–water partition coefficient (Wildman–Crippen LogP) is 5.09. The lowest BCUT2D eigenvalue weighted by molar-refractivity contribution is -0.116. The monoisotopic (exact) mass is 407 g/mol. The Morgan fingerprint density at radius 3 is 2.70 bits per heavy atom. The minimum atomic E-state index is -0.0559. The molecule has 1 aromatic carbocycles. The molecule has 3 rings (SSSR count). The van der Waals surface area contributed by atoms with Gasteiger partial charge in [-0.25, -0.2) is 4.98 Å². The van der Waals surface area contributed by atoms with E-state index in [1.807, 2.05) is 19.1 Å². The first-order chi connectivity index (χ1) is 13.0. The highest BCUT2D eigenvalue weighted by atomic mass is 35.5. The Labute approximate surface area is 169 Å². The van der Waals surface area contributed by atoms with Crippen LogP contribution in [-0.2, 0) is 4.79 Å². The van der Waals surface area contributed by atoms with Gasteiger partial charge in [-0.15, -0.1) is 0 Å². The van der Waals surface area contributed by atoms with E-state index in [0.717, 1.165) is 30.3 Å². The number of nitrogens with zero attached hydrogens (tertiary/aromatic N) is 2. The van der Waals surface area contributed by atoms with Gasteiger partial charge >= 0.3 is 0 Å². The molecule has 7 heteroatoms. The molecule has 0 atom stereocenters. The van der Waals surface area contributed by atoms with Gasteiger partial charge < -0.3 is 15.0 Å². The Hall–Kier alpha value is -1.98. The topological polar surface area (TPSA) is 54.5 Å². The summed E-state index contributed by atoms with van der Waals surface area (Å²) in [5.74, 6) is 1.50. The Morgan fingerprint density at radius 2 is 2.00 bits per heavy atom. The number of aryl methyl sites for hydroxylation is 1. The zero-order valence-electron chi connectivity index (χ0n) is 15.3. The van der Waals surface area contributed by atoms with Gasteiger partial charge in [0.25, 0.3) is 0 Å². The molecule has 1 fully saturated rings. The van der Waals surface area contributed by atoms with Gasteiger partial charge in [-0.1, -0.05) is 23.2 Å². The molecule has 2 heterocycles. The maximum Gasteiger partial charge on any atom is 0.224 e. The van der Waals surface area contributed by atoms with Crippen molar-refractivity contribution < 1.29 is 9.53 Å². The van der Waals surface area contributed by atoms with Crippen LogP contribution in [0.5, 0.6) is 5.75 Å². The molecule has 0 spiro atoms. The third-order valence-corrected chi connectivity index (χ3v) is 5.01. The van der Waals surface area contributed by atoms with Crippen molar-refractivity contribution in [3.8, 4) is 5.75 Å². The summed E-state index contributed by atoms with van der Waals surface area (Å²) < 4.78 is 5.60. The highest BCUT2D eigenvalue weighted by molar-refractivity contribution is 6.35. The fourth-order valence-corrected chi connectivity index (χ4v) is 3.49. The van der Waals surface area contributed by atoms with E-state index in [1.54, 1.807) is 18.2 Å². The van der Waals surface area contributed by atoms with Crippen LogP contribution in [-0.4, -0.2) is 30.6 Å². The fourth-order valence-electron chi connectivity index (χ4n) is 3.02. The Bertz CT molecular complexity index is 808. The number of pyridine rings is 1. The molecule has 0 unspecified atom stereocenters. The van der Waals surface area contributed by atoms with Crippen LogP contribution in [0.15, 0.2) is 30.3 Å². The van der Waals surface area contributed by atoms with E-state index in [4.69, 9.17) is 27.9 Å². The molecule has 1 aromatic heterocycles. The molecule has 1 amide bonds. The Kier molecular flexibility index (Phi) is 6.80. The van der Waals surface area contributed by atoms with Crippen molar-refractivity contribution >= 4 is 40.6 Å². The third-order valence-electron chi connectivity index (χ3n) is 4.47. The normalized spacial score (nSPS) is 13.7. The molecule has 0 radical (unpaired) electrons. The Morgan fingerprint density at radius 1 is 1.22 bits per heavy atom. The molecule has 144 valence electrons. The lowest BCUT2D eigenvalue weighted by Gasteiger charge is -2.18. The number of amides is 1. The first-order valence-electron chi connectivity index (χ1n) is 9.13. The first-order valence-corrected chi connectivity index (χ1v) is 9.89. The highest BCUT2D eigenvalue weighted by Gasteiger charge is 2.15. The maximum atomic E-state index is 12.2. The van der Waals surface area contributed by atoms with E-state index in [1.165, 1.54) is 12.8 Å². The summed E-state index contributed by atoms with van der Waals surface area (Å²) in [5, 5.41) is 3.95. The standard InChI is InChI=1S/C20H23Cl2N3O2/c1-14-17(7-9-19(23-14)25-10-2-3-11-25)24-20(26)5-4-12-27-18-8-6-15(21)13-16(18)22/h6-9,13H,2-5,10-12H2,1H3,(H,24,26). The number of benzene rings is 1. The number of halogens is 2. The number of carbonyl (C=O) groups is 1. The molecule has 0 saturated carbocycles. The summed E-state index contributed by atoms with van der Waals surface area (Å²) in [5.41, 5.74) is 1.58. The summed E-state index contributed by atoms with van der Waals surface area (Å²) in [6.07, 6.45) is 3.37. The minimum absolute atomic E-state index is 0.0559. The molecule has 5 nitrogen and oxygen atoms in total. The Balaban J connectivity index is 1.45. The molecule has 0 bridgehead atoms. The van der Waals surface area contributed by atoms with Gasteiger partial charge in [0.1, 0.15) is 11.6 Å². The molecule has 1 saturated heterocycles. The number of carbonyl (C=O) groups excluding carboxylic acids is 1. The minimum Gasteiger partial charge on any atom is -0.492 e. The molecular weight excluding hydrogens is 385 g/mol. The largest absolute Gasteiger partial charge is 0.492 e. The summed E-state index contributed by atoms with van der Waals surface area (Å²) in [6.45, 7) is 4.42. The molecule has 0 aliphatic carbocycles. The maximum absolute atomic E-state index is 12.2. The van der Waals surface area contributed by atoms with Crippen LogP contribution in [0.25, 0.3) is 0 Å². The zero-order valence-corrected chi connectivity index (χ0v) is 16.8. The smallest absolute Gasteiger partial charge is 0.224 e. The van der Waals surface area contributed by atoms with E-state index in [0.29, 0.717) is 35.2 Å². The second kappa shape index (κ2) is 9.29. The number of rotatable bonds is 7. The van der Waals surface area contributed by atoms with Crippen molar-refractivity contribution in [2.75, 3.05) is 29.9 Å².